The molecular formula is C14H20N2O. The Balaban J connectivity index is 2.07. The molecular weight excluding hydrogens is 212 g/mol. The van der Waals surface area contributed by atoms with Gasteiger partial charge in [0.2, 0.25) is 0 Å². The molecule has 3 heteroatoms. The molecule has 1 aliphatic rings. The van der Waals surface area contributed by atoms with Crippen LogP contribution in [0.3, 0.4) is 0 Å². The van der Waals surface area contributed by atoms with Crippen molar-refractivity contribution in [3.8, 4) is 0 Å². The summed E-state index contributed by atoms with van der Waals surface area (Å²) in [4.78, 5) is 20.4. The van der Waals surface area contributed by atoms with Crippen molar-refractivity contribution < 1.29 is 4.79 Å². The third-order valence-electron chi connectivity index (χ3n) is 3.67. The van der Waals surface area contributed by atoms with Gasteiger partial charge >= 0.3 is 0 Å². The fourth-order valence-electron chi connectivity index (χ4n) is 2.69. The first-order chi connectivity index (χ1) is 8.06. The minimum absolute atomic E-state index is 0.275. The van der Waals surface area contributed by atoms with Crippen LogP contribution in [0.15, 0.2) is 6.07 Å². The highest BCUT2D eigenvalue weighted by molar-refractivity contribution is 5.78. The van der Waals surface area contributed by atoms with Gasteiger partial charge in [-0.05, 0) is 52.5 Å². The average molecular weight is 232 g/mol. The molecule has 3 nitrogen and oxygen atoms in total. The van der Waals surface area contributed by atoms with E-state index in [0.29, 0.717) is 11.7 Å². The predicted octanol–water partition coefficient (Wildman–Crippen LogP) is 2.96. The maximum absolute atomic E-state index is 11.3. The molecule has 1 aromatic heterocycles. The van der Waals surface area contributed by atoms with Crippen LogP contribution in [0.4, 0.5) is 0 Å². The van der Waals surface area contributed by atoms with Crippen LogP contribution in [0.25, 0.3) is 0 Å². The number of nitrogens with zero attached hydrogens (tertiary/aromatic N) is 2. The zero-order chi connectivity index (χ0) is 12.4. The lowest BCUT2D eigenvalue weighted by atomic mass is 9.80. The van der Waals surface area contributed by atoms with Crippen LogP contribution < -0.4 is 0 Å². The molecule has 0 radical (unpaired) electrons. The zero-order valence-electron chi connectivity index (χ0n) is 10.9. The molecule has 0 aliphatic heterocycles. The SMILES string of the molecule is CC(=O)C1CCC(c2nc(C)cc(C)n2)CC1. The van der Waals surface area contributed by atoms with Crippen molar-refractivity contribution >= 4 is 5.78 Å². The molecule has 0 spiro atoms. The van der Waals surface area contributed by atoms with Crippen LogP contribution in [0.1, 0.15) is 55.7 Å². The number of aryl methyl sites for hydroxylation is 2. The summed E-state index contributed by atoms with van der Waals surface area (Å²) in [5.41, 5.74) is 2.09. The summed E-state index contributed by atoms with van der Waals surface area (Å²) >= 11 is 0. The molecule has 1 saturated carbocycles. The lowest BCUT2D eigenvalue weighted by Gasteiger charge is -2.26. The second-order valence-electron chi connectivity index (χ2n) is 5.17. The highest BCUT2D eigenvalue weighted by Gasteiger charge is 2.26. The van der Waals surface area contributed by atoms with Gasteiger partial charge in [0.05, 0.1) is 0 Å². The fourth-order valence-corrected chi connectivity index (χ4v) is 2.69. The Morgan fingerprint density at radius 3 is 2.12 bits per heavy atom. The number of carbonyl (C=O) groups excluding carboxylic acids is 1. The average Bonchev–Trinajstić information content (AvgIpc) is 2.28. The van der Waals surface area contributed by atoms with E-state index in [1.165, 1.54) is 0 Å². The quantitative estimate of drug-likeness (QED) is 0.787. The molecule has 17 heavy (non-hydrogen) atoms. The Kier molecular flexibility index (Phi) is 3.55. The van der Waals surface area contributed by atoms with Crippen LogP contribution in [-0.4, -0.2) is 15.8 Å². The molecule has 1 aliphatic carbocycles. The van der Waals surface area contributed by atoms with E-state index < -0.39 is 0 Å². The van der Waals surface area contributed by atoms with E-state index in [1.807, 2.05) is 19.9 Å². The molecule has 0 atom stereocenters. The number of Topliss-reactive ketones (excluding diaryl/α,β-unsaturated/α-hetero) is 1. The molecule has 0 N–H and O–H groups in total. The molecule has 92 valence electrons. The Hall–Kier alpha value is -1.25. The Bertz CT molecular complexity index is 400. The van der Waals surface area contributed by atoms with Crippen molar-refractivity contribution in [2.24, 2.45) is 5.92 Å². The second-order valence-corrected chi connectivity index (χ2v) is 5.17. The van der Waals surface area contributed by atoms with Crippen molar-refractivity contribution in [2.75, 3.05) is 0 Å². The van der Waals surface area contributed by atoms with Gasteiger partial charge in [-0.25, -0.2) is 9.97 Å². The Morgan fingerprint density at radius 1 is 1.12 bits per heavy atom. The lowest BCUT2D eigenvalue weighted by Crippen LogP contribution is -2.20. The van der Waals surface area contributed by atoms with Crippen LogP contribution in [-0.2, 0) is 4.79 Å². The maximum Gasteiger partial charge on any atom is 0.132 e. The minimum atomic E-state index is 0.275. The van der Waals surface area contributed by atoms with Crippen molar-refractivity contribution in [3.05, 3.63) is 23.3 Å². The summed E-state index contributed by atoms with van der Waals surface area (Å²) in [5.74, 6) is 2.04. The van der Waals surface area contributed by atoms with Crippen molar-refractivity contribution in [1.29, 1.82) is 0 Å². The van der Waals surface area contributed by atoms with E-state index in [1.54, 1.807) is 6.92 Å². The van der Waals surface area contributed by atoms with Gasteiger partial charge in [0.1, 0.15) is 11.6 Å². The molecule has 2 rings (SSSR count). The monoisotopic (exact) mass is 232 g/mol. The van der Waals surface area contributed by atoms with Gasteiger partial charge in [0, 0.05) is 23.2 Å². The van der Waals surface area contributed by atoms with E-state index in [2.05, 4.69) is 9.97 Å². The standard InChI is InChI=1S/C14H20N2O/c1-9-8-10(2)16-14(15-9)13-6-4-12(5-7-13)11(3)17/h8,12-13H,4-7H2,1-3H3. The van der Waals surface area contributed by atoms with E-state index in [9.17, 15) is 4.79 Å². The summed E-state index contributed by atoms with van der Waals surface area (Å²) in [6, 6.07) is 2.00. The summed E-state index contributed by atoms with van der Waals surface area (Å²) < 4.78 is 0. The normalized spacial score (nSPS) is 24.6. The first kappa shape index (κ1) is 12.2. The molecule has 0 unspecified atom stereocenters. The summed E-state index contributed by atoms with van der Waals surface area (Å²) in [5, 5.41) is 0. The molecule has 0 amide bonds. The van der Waals surface area contributed by atoms with E-state index in [-0.39, 0.29) is 5.92 Å². The largest absolute Gasteiger partial charge is 0.300 e. The highest BCUT2D eigenvalue weighted by Crippen LogP contribution is 2.34. The zero-order valence-corrected chi connectivity index (χ0v) is 10.9. The minimum Gasteiger partial charge on any atom is -0.300 e. The molecule has 1 fully saturated rings. The number of ketones is 1. The Labute approximate surface area is 103 Å². The summed E-state index contributed by atoms with van der Waals surface area (Å²) in [6.07, 6.45) is 4.09. The molecule has 1 aromatic rings. The van der Waals surface area contributed by atoms with Crippen LogP contribution in [0, 0.1) is 19.8 Å². The van der Waals surface area contributed by atoms with Crippen molar-refractivity contribution in [2.45, 2.75) is 52.4 Å². The Morgan fingerprint density at radius 2 is 1.65 bits per heavy atom. The first-order valence-corrected chi connectivity index (χ1v) is 6.39. The van der Waals surface area contributed by atoms with Crippen LogP contribution in [0.5, 0.6) is 0 Å². The molecule has 1 heterocycles. The topological polar surface area (TPSA) is 42.9 Å². The summed E-state index contributed by atoms with van der Waals surface area (Å²) in [7, 11) is 0. The smallest absolute Gasteiger partial charge is 0.132 e. The second kappa shape index (κ2) is 4.94. The van der Waals surface area contributed by atoms with Crippen molar-refractivity contribution in [1.82, 2.24) is 9.97 Å². The first-order valence-electron chi connectivity index (χ1n) is 6.39. The van der Waals surface area contributed by atoms with Crippen LogP contribution in [0.2, 0.25) is 0 Å². The maximum atomic E-state index is 11.3. The molecule has 0 bridgehead atoms. The lowest BCUT2D eigenvalue weighted by molar-refractivity contribution is -0.121. The number of hydrogen-bond donors (Lipinski definition) is 0. The van der Waals surface area contributed by atoms with Gasteiger partial charge < -0.3 is 0 Å². The van der Waals surface area contributed by atoms with E-state index >= 15 is 0 Å². The predicted molar refractivity (Wildman–Crippen MR) is 66.9 cm³/mol. The fraction of sp³-hybridized carbons (Fsp3) is 0.643. The van der Waals surface area contributed by atoms with E-state index in [0.717, 1.165) is 42.9 Å². The van der Waals surface area contributed by atoms with Gasteiger partial charge in [-0.15, -0.1) is 0 Å². The third-order valence-corrected chi connectivity index (χ3v) is 3.67. The van der Waals surface area contributed by atoms with Crippen molar-refractivity contribution in [3.63, 3.8) is 0 Å². The number of rotatable bonds is 2. The van der Waals surface area contributed by atoms with Gasteiger partial charge in [-0.3, -0.25) is 4.79 Å². The summed E-state index contributed by atoms with van der Waals surface area (Å²) in [6.45, 7) is 5.73. The van der Waals surface area contributed by atoms with Gasteiger partial charge in [-0.2, -0.15) is 0 Å². The highest BCUT2D eigenvalue weighted by atomic mass is 16.1. The van der Waals surface area contributed by atoms with Crippen LogP contribution >= 0.6 is 0 Å². The number of aromatic nitrogens is 2. The van der Waals surface area contributed by atoms with Gasteiger partial charge in [-0.1, -0.05) is 0 Å². The number of hydrogen-bond acceptors (Lipinski definition) is 3. The third kappa shape index (κ3) is 2.90. The van der Waals surface area contributed by atoms with Gasteiger partial charge in [0.15, 0.2) is 0 Å². The molecule has 0 aromatic carbocycles. The van der Waals surface area contributed by atoms with Gasteiger partial charge in [0.25, 0.3) is 0 Å². The van der Waals surface area contributed by atoms with E-state index in [4.69, 9.17) is 0 Å². The number of carbonyl (C=O) groups is 1. The molecule has 0 saturated heterocycles.